The number of allylic oxidation sites excluding steroid dienone is 6. The first kappa shape index (κ1) is 12.6. The molecule has 0 aliphatic heterocycles. The van der Waals surface area contributed by atoms with Gasteiger partial charge in [-0.3, -0.25) is 4.79 Å². The van der Waals surface area contributed by atoms with Crippen LogP contribution in [0.15, 0.2) is 48.6 Å². The van der Waals surface area contributed by atoms with E-state index < -0.39 is 0 Å². The summed E-state index contributed by atoms with van der Waals surface area (Å²) in [6.45, 7) is 6.36. The van der Waals surface area contributed by atoms with Crippen molar-refractivity contribution >= 4 is 11.9 Å². The molecule has 1 heteroatoms. The van der Waals surface area contributed by atoms with E-state index in [4.69, 9.17) is 0 Å². The highest BCUT2D eigenvalue weighted by Crippen LogP contribution is 2.29. The fraction of sp³-hybridized carbons (Fsp3) is 0.235. The van der Waals surface area contributed by atoms with Crippen LogP contribution in [0.1, 0.15) is 35.3 Å². The molecule has 92 valence electrons. The van der Waals surface area contributed by atoms with Gasteiger partial charge in [0.1, 0.15) is 0 Å². The maximum atomic E-state index is 11.2. The third kappa shape index (κ3) is 2.51. The summed E-state index contributed by atoms with van der Waals surface area (Å²) in [5.41, 5.74) is 4.06. The number of hydrogen-bond acceptors (Lipinski definition) is 1. The Labute approximate surface area is 109 Å². The summed E-state index contributed by atoms with van der Waals surface area (Å²) in [5, 5.41) is 0. The molecule has 0 bridgehead atoms. The van der Waals surface area contributed by atoms with Crippen molar-refractivity contribution in [3.05, 3.63) is 65.3 Å². The van der Waals surface area contributed by atoms with Gasteiger partial charge in [-0.15, -0.1) is 0 Å². The predicted octanol–water partition coefficient (Wildman–Crippen LogP) is 4.34. The minimum atomic E-state index is 0.0578. The van der Waals surface area contributed by atoms with Crippen molar-refractivity contribution in [1.82, 2.24) is 0 Å². The molecule has 0 N–H and O–H groups in total. The Balaban J connectivity index is 2.54. The lowest BCUT2D eigenvalue weighted by molar-refractivity contribution is 0.112. The summed E-state index contributed by atoms with van der Waals surface area (Å²) in [7, 11) is 0. The number of hydrogen-bond donors (Lipinski definition) is 0. The average molecular weight is 238 g/mol. The number of benzene rings is 1. The topological polar surface area (TPSA) is 17.1 Å². The van der Waals surface area contributed by atoms with E-state index in [1.165, 1.54) is 0 Å². The van der Waals surface area contributed by atoms with Crippen LogP contribution >= 0.6 is 0 Å². The van der Waals surface area contributed by atoms with E-state index in [2.05, 4.69) is 44.2 Å². The standard InChI is InChI=1S/C17H18O/c1-13-6-4-7-15(12-18)16(13)14-8-5-10-17(2,3)11-9-14/h4-12H,1-3H3. The van der Waals surface area contributed by atoms with Crippen LogP contribution in [0, 0.1) is 12.3 Å². The van der Waals surface area contributed by atoms with E-state index in [9.17, 15) is 4.79 Å². The minimum Gasteiger partial charge on any atom is -0.298 e. The Morgan fingerprint density at radius 3 is 2.67 bits per heavy atom. The SMILES string of the molecule is Cc1cccc(C=O)c1C1=CC=CC(C)(C)C=C1. The summed E-state index contributed by atoms with van der Waals surface area (Å²) in [6.07, 6.45) is 11.5. The first-order valence-electron chi connectivity index (χ1n) is 6.17. The number of carbonyl (C=O) groups is 1. The van der Waals surface area contributed by atoms with Crippen LogP contribution in [-0.2, 0) is 0 Å². The van der Waals surface area contributed by atoms with E-state index in [0.717, 1.165) is 28.5 Å². The molecule has 18 heavy (non-hydrogen) atoms. The van der Waals surface area contributed by atoms with E-state index in [1.807, 2.05) is 25.1 Å². The molecular formula is C17H18O. The molecule has 0 atom stereocenters. The molecule has 0 saturated heterocycles. The highest BCUT2D eigenvalue weighted by molar-refractivity contribution is 5.90. The van der Waals surface area contributed by atoms with Gasteiger partial charge in [-0.1, -0.05) is 62.4 Å². The normalized spacial score (nSPS) is 17.2. The maximum Gasteiger partial charge on any atom is 0.150 e. The van der Waals surface area contributed by atoms with Crippen molar-refractivity contribution in [2.45, 2.75) is 20.8 Å². The highest BCUT2D eigenvalue weighted by Gasteiger charge is 2.13. The van der Waals surface area contributed by atoms with Gasteiger partial charge in [0.15, 0.2) is 6.29 Å². The van der Waals surface area contributed by atoms with Gasteiger partial charge in [0.2, 0.25) is 0 Å². The molecule has 0 spiro atoms. The third-order valence-corrected chi connectivity index (χ3v) is 3.21. The van der Waals surface area contributed by atoms with Crippen LogP contribution in [-0.4, -0.2) is 6.29 Å². The lowest BCUT2D eigenvalue weighted by atomic mass is 9.91. The summed E-state index contributed by atoms with van der Waals surface area (Å²) in [4.78, 5) is 11.2. The van der Waals surface area contributed by atoms with Gasteiger partial charge in [-0.25, -0.2) is 0 Å². The molecule has 0 fully saturated rings. The molecule has 1 aromatic carbocycles. The Hall–Kier alpha value is -1.89. The number of carbonyl (C=O) groups excluding carboxylic acids is 1. The van der Waals surface area contributed by atoms with E-state index in [-0.39, 0.29) is 5.41 Å². The Morgan fingerprint density at radius 2 is 1.94 bits per heavy atom. The monoisotopic (exact) mass is 238 g/mol. The Kier molecular flexibility index (Phi) is 3.33. The van der Waals surface area contributed by atoms with Crippen LogP contribution in [0.25, 0.3) is 5.57 Å². The predicted molar refractivity (Wildman–Crippen MR) is 76.6 cm³/mol. The lowest BCUT2D eigenvalue weighted by Crippen LogP contribution is -2.01. The van der Waals surface area contributed by atoms with Crippen LogP contribution < -0.4 is 0 Å². The van der Waals surface area contributed by atoms with E-state index >= 15 is 0 Å². The summed E-state index contributed by atoms with van der Waals surface area (Å²) < 4.78 is 0. The summed E-state index contributed by atoms with van der Waals surface area (Å²) >= 11 is 0. The van der Waals surface area contributed by atoms with Crippen LogP contribution in [0.4, 0.5) is 0 Å². The molecule has 1 aromatic rings. The van der Waals surface area contributed by atoms with Crippen LogP contribution in [0.3, 0.4) is 0 Å². The number of aldehydes is 1. The molecule has 1 aliphatic rings. The third-order valence-electron chi connectivity index (χ3n) is 3.21. The van der Waals surface area contributed by atoms with Crippen molar-refractivity contribution in [2.75, 3.05) is 0 Å². The van der Waals surface area contributed by atoms with Gasteiger partial charge in [0.05, 0.1) is 0 Å². The van der Waals surface area contributed by atoms with Crippen molar-refractivity contribution in [3.63, 3.8) is 0 Å². The minimum absolute atomic E-state index is 0.0578. The quantitative estimate of drug-likeness (QED) is 0.700. The molecular weight excluding hydrogens is 220 g/mol. The van der Waals surface area contributed by atoms with Crippen LogP contribution in [0.5, 0.6) is 0 Å². The van der Waals surface area contributed by atoms with E-state index in [1.54, 1.807) is 0 Å². The van der Waals surface area contributed by atoms with Gasteiger partial charge in [-0.2, -0.15) is 0 Å². The van der Waals surface area contributed by atoms with Gasteiger partial charge in [0.25, 0.3) is 0 Å². The average Bonchev–Trinajstić information content (AvgIpc) is 2.50. The second-order valence-corrected chi connectivity index (χ2v) is 5.29. The molecule has 0 aromatic heterocycles. The second-order valence-electron chi connectivity index (χ2n) is 5.29. The molecule has 0 amide bonds. The van der Waals surface area contributed by atoms with Gasteiger partial charge < -0.3 is 0 Å². The molecule has 0 radical (unpaired) electrons. The molecule has 2 rings (SSSR count). The first-order valence-corrected chi connectivity index (χ1v) is 6.17. The molecule has 0 heterocycles. The zero-order valence-corrected chi connectivity index (χ0v) is 11.1. The molecule has 1 nitrogen and oxygen atoms in total. The fourth-order valence-corrected chi connectivity index (χ4v) is 2.17. The smallest absolute Gasteiger partial charge is 0.150 e. The Morgan fingerprint density at radius 1 is 1.17 bits per heavy atom. The van der Waals surface area contributed by atoms with Crippen molar-refractivity contribution in [1.29, 1.82) is 0 Å². The van der Waals surface area contributed by atoms with Crippen molar-refractivity contribution < 1.29 is 4.79 Å². The Bertz CT molecular complexity index is 557. The van der Waals surface area contributed by atoms with Crippen molar-refractivity contribution in [2.24, 2.45) is 5.41 Å². The zero-order valence-electron chi connectivity index (χ0n) is 11.1. The number of aryl methyl sites for hydroxylation is 1. The first-order chi connectivity index (χ1) is 8.53. The van der Waals surface area contributed by atoms with Gasteiger partial charge in [0, 0.05) is 11.0 Å². The molecule has 0 saturated carbocycles. The summed E-state index contributed by atoms with van der Waals surface area (Å²) in [5.74, 6) is 0. The largest absolute Gasteiger partial charge is 0.298 e. The van der Waals surface area contributed by atoms with Crippen molar-refractivity contribution in [3.8, 4) is 0 Å². The number of rotatable bonds is 2. The zero-order chi connectivity index (χ0) is 13.2. The van der Waals surface area contributed by atoms with Gasteiger partial charge in [-0.05, 0) is 23.6 Å². The maximum absolute atomic E-state index is 11.2. The lowest BCUT2D eigenvalue weighted by Gasteiger charge is -2.13. The fourth-order valence-electron chi connectivity index (χ4n) is 2.17. The van der Waals surface area contributed by atoms with Gasteiger partial charge >= 0.3 is 0 Å². The second kappa shape index (κ2) is 4.77. The highest BCUT2D eigenvalue weighted by atomic mass is 16.1. The summed E-state index contributed by atoms with van der Waals surface area (Å²) in [6, 6.07) is 5.82. The van der Waals surface area contributed by atoms with E-state index in [0.29, 0.717) is 0 Å². The van der Waals surface area contributed by atoms with Crippen LogP contribution in [0.2, 0.25) is 0 Å². The molecule has 1 aliphatic carbocycles. The molecule has 0 unspecified atom stereocenters.